The molecule has 0 atom stereocenters. The van der Waals surface area contributed by atoms with Gasteiger partial charge < -0.3 is 11.5 Å². The summed E-state index contributed by atoms with van der Waals surface area (Å²) in [6.45, 7) is 0. The van der Waals surface area contributed by atoms with Crippen LogP contribution in [0.2, 0.25) is 0 Å². The first-order valence-corrected chi connectivity index (χ1v) is 6.90. The van der Waals surface area contributed by atoms with E-state index in [2.05, 4.69) is 0 Å². The number of ketones is 2. The monoisotopic (exact) mass is 270 g/mol. The molecule has 4 N–H and O–H groups in total. The Bertz CT molecular complexity index is 469. The molecule has 0 aliphatic heterocycles. The van der Waals surface area contributed by atoms with E-state index < -0.39 is 11.8 Å². The SMILES string of the molecule is NC1C=CC(C2C(=O)C(C3C=CC(N)C=C3)C2=O)C=C1. The van der Waals surface area contributed by atoms with Gasteiger partial charge in [0.2, 0.25) is 0 Å². The van der Waals surface area contributed by atoms with Crippen LogP contribution in [0.25, 0.3) is 0 Å². The molecule has 0 bridgehead atoms. The maximum absolute atomic E-state index is 12.3. The Balaban J connectivity index is 1.71. The van der Waals surface area contributed by atoms with E-state index >= 15 is 0 Å². The van der Waals surface area contributed by atoms with E-state index in [1.54, 1.807) is 0 Å². The lowest BCUT2D eigenvalue weighted by molar-refractivity contribution is -0.153. The van der Waals surface area contributed by atoms with Gasteiger partial charge >= 0.3 is 0 Å². The number of hydrogen-bond donors (Lipinski definition) is 2. The third-order valence-corrected chi connectivity index (χ3v) is 4.22. The van der Waals surface area contributed by atoms with Gasteiger partial charge in [-0.1, -0.05) is 48.6 Å². The topological polar surface area (TPSA) is 86.2 Å². The summed E-state index contributed by atoms with van der Waals surface area (Å²) in [7, 11) is 0. The fourth-order valence-electron chi connectivity index (χ4n) is 3.06. The molecule has 0 aromatic rings. The molecule has 20 heavy (non-hydrogen) atoms. The summed E-state index contributed by atoms with van der Waals surface area (Å²) in [5.41, 5.74) is 11.4. The maximum Gasteiger partial charge on any atom is 0.155 e. The molecule has 0 spiro atoms. The fourth-order valence-corrected chi connectivity index (χ4v) is 3.06. The van der Waals surface area contributed by atoms with Crippen LogP contribution < -0.4 is 11.5 Å². The molecule has 3 aliphatic carbocycles. The zero-order valence-electron chi connectivity index (χ0n) is 11.1. The van der Waals surface area contributed by atoms with Crippen molar-refractivity contribution in [2.45, 2.75) is 12.1 Å². The molecule has 0 aromatic carbocycles. The molecule has 4 heteroatoms. The average molecular weight is 270 g/mol. The molecule has 0 heterocycles. The quantitative estimate of drug-likeness (QED) is 0.565. The van der Waals surface area contributed by atoms with Crippen LogP contribution in [0, 0.1) is 23.7 Å². The Hall–Kier alpha value is -1.78. The Morgan fingerprint density at radius 1 is 0.600 bits per heavy atom. The first-order chi connectivity index (χ1) is 9.58. The van der Waals surface area contributed by atoms with Gasteiger partial charge in [-0.05, 0) is 0 Å². The minimum atomic E-state index is -0.530. The van der Waals surface area contributed by atoms with Crippen molar-refractivity contribution in [1.29, 1.82) is 0 Å². The van der Waals surface area contributed by atoms with Crippen molar-refractivity contribution < 1.29 is 9.59 Å². The summed E-state index contributed by atoms with van der Waals surface area (Å²) < 4.78 is 0. The van der Waals surface area contributed by atoms with Gasteiger partial charge in [0.15, 0.2) is 11.6 Å². The van der Waals surface area contributed by atoms with Crippen molar-refractivity contribution in [2.75, 3.05) is 0 Å². The zero-order valence-corrected chi connectivity index (χ0v) is 11.1. The predicted molar refractivity (Wildman–Crippen MR) is 76.5 cm³/mol. The minimum Gasteiger partial charge on any atom is -0.321 e. The third kappa shape index (κ3) is 2.11. The van der Waals surface area contributed by atoms with Gasteiger partial charge in [0.1, 0.15) is 0 Å². The van der Waals surface area contributed by atoms with Gasteiger partial charge in [0.05, 0.1) is 11.8 Å². The number of allylic oxidation sites excluding steroid dienone is 4. The Labute approximate surface area is 117 Å². The highest BCUT2D eigenvalue weighted by Crippen LogP contribution is 2.39. The largest absolute Gasteiger partial charge is 0.321 e. The summed E-state index contributed by atoms with van der Waals surface area (Å²) in [4.78, 5) is 24.6. The van der Waals surface area contributed by atoms with Crippen LogP contribution in [-0.2, 0) is 9.59 Å². The molecule has 104 valence electrons. The lowest BCUT2D eigenvalue weighted by atomic mass is 9.60. The molecule has 1 fully saturated rings. The van der Waals surface area contributed by atoms with Gasteiger partial charge in [0.25, 0.3) is 0 Å². The summed E-state index contributed by atoms with van der Waals surface area (Å²) in [6, 6.07) is -0.226. The van der Waals surface area contributed by atoms with E-state index in [1.807, 2.05) is 48.6 Å². The normalized spacial score (nSPS) is 42.9. The maximum atomic E-state index is 12.3. The molecule has 0 amide bonds. The van der Waals surface area contributed by atoms with Crippen LogP contribution in [0.1, 0.15) is 0 Å². The van der Waals surface area contributed by atoms with E-state index in [9.17, 15) is 9.59 Å². The molecule has 1 saturated carbocycles. The standard InChI is InChI=1S/C16H18N2O2/c17-11-5-1-9(2-6-11)13-15(19)14(16(13)20)10-3-7-12(18)8-4-10/h1-14H,17-18H2. The van der Waals surface area contributed by atoms with Gasteiger partial charge in [-0.25, -0.2) is 0 Å². The number of Topliss-reactive ketones (excluding diaryl/α,β-unsaturated/α-hetero) is 2. The highest BCUT2D eigenvalue weighted by molar-refractivity contribution is 6.24. The Morgan fingerprint density at radius 2 is 0.900 bits per heavy atom. The second-order valence-corrected chi connectivity index (χ2v) is 5.61. The van der Waals surface area contributed by atoms with Gasteiger partial charge in [-0.15, -0.1) is 0 Å². The van der Waals surface area contributed by atoms with Crippen LogP contribution in [0.5, 0.6) is 0 Å². The average Bonchev–Trinajstić information content (AvgIpc) is 2.44. The summed E-state index contributed by atoms with van der Waals surface area (Å²) in [6.07, 6.45) is 14.8. The van der Waals surface area contributed by atoms with E-state index in [4.69, 9.17) is 11.5 Å². The number of carbonyl (C=O) groups is 2. The predicted octanol–water partition coefficient (Wildman–Crippen LogP) is 0.510. The van der Waals surface area contributed by atoms with Crippen molar-refractivity contribution in [3.8, 4) is 0 Å². The van der Waals surface area contributed by atoms with Gasteiger partial charge in [-0.2, -0.15) is 0 Å². The number of rotatable bonds is 2. The Morgan fingerprint density at radius 3 is 1.20 bits per heavy atom. The smallest absolute Gasteiger partial charge is 0.155 e. The summed E-state index contributed by atoms with van der Waals surface area (Å²) in [5, 5.41) is 0. The third-order valence-electron chi connectivity index (χ3n) is 4.22. The zero-order chi connectivity index (χ0) is 14.3. The fraction of sp³-hybridized carbons (Fsp3) is 0.375. The van der Waals surface area contributed by atoms with Gasteiger partial charge in [-0.3, -0.25) is 9.59 Å². The minimum absolute atomic E-state index is 0.0274. The van der Waals surface area contributed by atoms with E-state index in [0.29, 0.717) is 0 Å². The summed E-state index contributed by atoms with van der Waals surface area (Å²) in [5.74, 6) is -1.27. The van der Waals surface area contributed by atoms with Crippen LogP contribution in [0.4, 0.5) is 0 Å². The van der Waals surface area contributed by atoms with Crippen molar-refractivity contribution in [3.05, 3.63) is 48.6 Å². The van der Waals surface area contributed by atoms with Gasteiger partial charge in [0, 0.05) is 23.9 Å². The van der Waals surface area contributed by atoms with Crippen LogP contribution in [0.15, 0.2) is 48.6 Å². The van der Waals surface area contributed by atoms with Crippen molar-refractivity contribution >= 4 is 11.6 Å². The van der Waals surface area contributed by atoms with Crippen LogP contribution in [-0.4, -0.2) is 23.7 Å². The van der Waals surface area contributed by atoms with E-state index in [0.717, 1.165) is 0 Å². The Kier molecular flexibility index (Phi) is 3.28. The molecule has 4 nitrogen and oxygen atoms in total. The first-order valence-electron chi connectivity index (χ1n) is 6.90. The second kappa shape index (κ2) is 4.96. The molecular formula is C16H18N2O2. The number of nitrogens with two attached hydrogens (primary N) is 2. The van der Waals surface area contributed by atoms with E-state index in [1.165, 1.54) is 0 Å². The molecule has 0 aromatic heterocycles. The number of hydrogen-bond acceptors (Lipinski definition) is 4. The molecule has 3 rings (SSSR count). The van der Waals surface area contributed by atoms with Crippen molar-refractivity contribution in [2.24, 2.45) is 35.1 Å². The highest BCUT2D eigenvalue weighted by Gasteiger charge is 2.53. The highest BCUT2D eigenvalue weighted by atomic mass is 16.2. The van der Waals surface area contributed by atoms with E-state index in [-0.39, 0.29) is 35.5 Å². The lowest BCUT2D eigenvalue weighted by Crippen LogP contribution is -2.54. The first kappa shape index (κ1) is 13.2. The van der Waals surface area contributed by atoms with Crippen molar-refractivity contribution in [3.63, 3.8) is 0 Å². The summed E-state index contributed by atoms with van der Waals surface area (Å²) >= 11 is 0. The second-order valence-electron chi connectivity index (χ2n) is 5.61. The van der Waals surface area contributed by atoms with Crippen LogP contribution >= 0.6 is 0 Å². The number of carbonyl (C=O) groups excluding carboxylic acids is 2. The molecule has 0 unspecified atom stereocenters. The molecule has 0 radical (unpaired) electrons. The van der Waals surface area contributed by atoms with Crippen molar-refractivity contribution in [1.82, 2.24) is 0 Å². The molecule has 0 saturated heterocycles. The molecule has 3 aliphatic rings. The lowest BCUT2D eigenvalue weighted by Gasteiger charge is -2.39. The molecular weight excluding hydrogens is 252 g/mol. The van der Waals surface area contributed by atoms with Crippen LogP contribution in [0.3, 0.4) is 0 Å².